The van der Waals surface area contributed by atoms with Crippen LogP contribution in [-0.2, 0) is 16.1 Å². The van der Waals surface area contributed by atoms with E-state index in [1.54, 1.807) is 0 Å². The lowest BCUT2D eigenvalue weighted by Gasteiger charge is -2.36. The van der Waals surface area contributed by atoms with Crippen LogP contribution in [0.5, 0.6) is 0 Å². The van der Waals surface area contributed by atoms with Gasteiger partial charge in [-0.1, -0.05) is 11.6 Å². The summed E-state index contributed by atoms with van der Waals surface area (Å²) in [6.45, 7) is 2.18. The van der Waals surface area contributed by atoms with E-state index in [9.17, 15) is 9.90 Å². The van der Waals surface area contributed by atoms with Crippen molar-refractivity contribution in [1.29, 1.82) is 0 Å². The predicted octanol–water partition coefficient (Wildman–Crippen LogP) is 2.71. The Morgan fingerprint density at radius 1 is 1.63 bits per heavy atom. The highest BCUT2D eigenvalue weighted by Gasteiger charge is 2.41. The summed E-state index contributed by atoms with van der Waals surface area (Å²) in [5, 5.41) is 9.48. The Balaban J connectivity index is 1.98. The van der Waals surface area contributed by atoms with E-state index in [0.717, 1.165) is 15.6 Å². The summed E-state index contributed by atoms with van der Waals surface area (Å²) in [6, 6.07) is 3.85. The fraction of sp³-hybridized carbons (Fsp3) is 0.615. The van der Waals surface area contributed by atoms with Crippen molar-refractivity contribution in [2.24, 2.45) is 5.41 Å². The summed E-state index contributed by atoms with van der Waals surface area (Å²) in [4.78, 5) is 14.7. The Bertz CT molecular complexity index is 443. The van der Waals surface area contributed by atoms with Gasteiger partial charge in [-0.3, -0.25) is 4.79 Å². The smallest absolute Gasteiger partial charge is 0.313 e. The number of halogens is 1. The number of ether oxygens (including phenoxy) is 1. The summed E-state index contributed by atoms with van der Waals surface area (Å²) in [5.74, 6) is -0.761. The molecule has 106 valence electrons. The van der Waals surface area contributed by atoms with Gasteiger partial charge in [0, 0.05) is 24.6 Å². The van der Waals surface area contributed by atoms with Crippen molar-refractivity contribution in [1.82, 2.24) is 4.90 Å². The molecule has 0 saturated carbocycles. The lowest BCUT2D eigenvalue weighted by Crippen LogP contribution is -2.47. The van der Waals surface area contributed by atoms with E-state index in [0.29, 0.717) is 32.7 Å². The monoisotopic (exact) mass is 303 g/mol. The molecule has 1 fully saturated rings. The van der Waals surface area contributed by atoms with Crippen LogP contribution in [0.2, 0.25) is 4.34 Å². The van der Waals surface area contributed by atoms with Crippen molar-refractivity contribution >= 4 is 28.9 Å². The second-order valence-electron chi connectivity index (χ2n) is 5.12. The molecule has 1 aliphatic heterocycles. The molecule has 1 atom stereocenters. The van der Waals surface area contributed by atoms with Gasteiger partial charge in [0.1, 0.15) is 5.41 Å². The number of rotatable bonds is 5. The SMILES string of the molecule is CN(Cc1ccc(Cl)s1)CC1(C(=O)O)CCCOC1. The van der Waals surface area contributed by atoms with Crippen molar-refractivity contribution in [2.45, 2.75) is 19.4 Å². The molecule has 2 rings (SSSR count). The first-order valence-electron chi connectivity index (χ1n) is 6.26. The molecule has 1 aromatic rings. The molecular weight excluding hydrogens is 286 g/mol. The Labute approximate surface area is 121 Å². The van der Waals surface area contributed by atoms with Crippen LogP contribution in [0.15, 0.2) is 12.1 Å². The van der Waals surface area contributed by atoms with E-state index in [1.807, 2.05) is 24.1 Å². The molecule has 1 N–H and O–H groups in total. The summed E-state index contributed by atoms with van der Waals surface area (Å²) in [6.07, 6.45) is 1.49. The van der Waals surface area contributed by atoms with Gasteiger partial charge in [0.25, 0.3) is 0 Å². The number of carbonyl (C=O) groups is 1. The summed E-state index contributed by atoms with van der Waals surface area (Å²) >= 11 is 7.43. The second-order valence-corrected chi connectivity index (χ2v) is 6.92. The van der Waals surface area contributed by atoms with E-state index in [4.69, 9.17) is 16.3 Å². The third-order valence-corrected chi connectivity index (χ3v) is 4.62. The summed E-state index contributed by atoms with van der Waals surface area (Å²) < 4.78 is 6.14. The molecule has 6 heteroatoms. The third-order valence-electron chi connectivity index (χ3n) is 3.40. The highest BCUT2D eigenvalue weighted by Crippen LogP contribution is 2.31. The average Bonchev–Trinajstić information content (AvgIpc) is 2.75. The molecule has 2 heterocycles. The van der Waals surface area contributed by atoms with E-state index in [-0.39, 0.29) is 0 Å². The van der Waals surface area contributed by atoms with Gasteiger partial charge >= 0.3 is 5.97 Å². The maximum Gasteiger partial charge on any atom is 0.313 e. The minimum Gasteiger partial charge on any atom is -0.481 e. The van der Waals surface area contributed by atoms with Crippen molar-refractivity contribution < 1.29 is 14.6 Å². The van der Waals surface area contributed by atoms with Gasteiger partial charge in [0.15, 0.2) is 0 Å². The minimum absolute atomic E-state index is 0.303. The highest BCUT2D eigenvalue weighted by atomic mass is 35.5. The third kappa shape index (κ3) is 3.69. The van der Waals surface area contributed by atoms with Crippen LogP contribution in [0.1, 0.15) is 17.7 Å². The quantitative estimate of drug-likeness (QED) is 0.908. The number of carboxylic acid groups (broad SMARTS) is 1. The normalized spacial score (nSPS) is 23.7. The molecule has 1 aliphatic rings. The molecule has 0 radical (unpaired) electrons. The zero-order valence-electron chi connectivity index (χ0n) is 10.9. The van der Waals surface area contributed by atoms with Crippen molar-refractivity contribution in [3.8, 4) is 0 Å². The number of thiophene rings is 1. The van der Waals surface area contributed by atoms with E-state index < -0.39 is 11.4 Å². The van der Waals surface area contributed by atoms with Crippen molar-refractivity contribution in [2.75, 3.05) is 26.8 Å². The molecule has 0 aromatic carbocycles. The molecular formula is C13H18ClNO3S. The number of hydrogen-bond acceptors (Lipinski definition) is 4. The van der Waals surface area contributed by atoms with Gasteiger partial charge < -0.3 is 14.7 Å². The molecule has 0 spiro atoms. The Hall–Kier alpha value is -0.620. The van der Waals surface area contributed by atoms with Gasteiger partial charge in [-0.15, -0.1) is 11.3 Å². The van der Waals surface area contributed by atoms with E-state index in [1.165, 1.54) is 11.3 Å². The standard InChI is InChI=1S/C13H18ClNO3S/c1-15(7-10-3-4-11(14)19-10)8-13(12(16)17)5-2-6-18-9-13/h3-4H,2,5-9H2,1H3,(H,16,17). The van der Waals surface area contributed by atoms with Crippen molar-refractivity contribution in [3.05, 3.63) is 21.3 Å². The number of aliphatic carboxylic acids is 1. The fourth-order valence-electron chi connectivity index (χ4n) is 2.49. The number of hydrogen-bond donors (Lipinski definition) is 1. The maximum absolute atomic E-state index is 11.5. The van der Waals surface area contributed by atoms with Crippen LogP contribution < -0.4 is 0 Å². The molecule has 0 amide bonds. The Morgan fingerprint density at radius 3 is 2.95 bits per heavy atom. The van der Waals surface area contributed by atoms with E-state index in [2.05, 4.69) is 0 Å². The number of carboxylic acids is 1. The van der Waals surface area contributed by atoms with Crippen molar-refractivity contribution in [3.63, 3.8) is 0 Å². The lowest BCUT2D eigenvalue weighted by molar-refractivity contribution is -0.159. The van der Waals surface area contributed by atoms with E-state index >= 15 is 0 Å². The fourth-order valence-corrected chi connectivity index (χ4v) is 3.66. The maximum atomic E-state index is 11.5. The second kappa shape index (κ2) is 6.22. The molecule has 1 saturated heterocycles. The predicted molar refractivity (Wildman–Crippen MR) is 75.8 cm³/mol. The number of nitrogens with zero attached hydrogens (tertiary/aromatic N) is 1. The molecule has 1 unspecified atom stereocenters. The molecule has 0 bridgehead atoms. The van der Waals surface area contributed by atoms with Crippen LogP contribution in [0.4, 0.5) is 0 Å². The largest absolute Gasteiger partial charge is 0.481 e. The van der Waals surface area contributed by atoms with Crippen LogP contribution in [0.3, 0.4) is 0 Å². The van der Waals surface area contributed by atoms with Gasteiger partial charge in [0.2, 0.25) is 0 Å². The summed E-state index contributed by atoms with van der Waals surface area (Å²) in [7, 11) is 1.94. The van der Waals surface area contributed by atoms with Gasteiger partial charge in [-0.05, 0) is 32.0 Å². The average molecular weight is 304 g/mol. The van der Waals surface area contributed by atoms with Gasteiger partial charge in [-0.25, -0.2) is 0 Å². The molecule has 19 heavy (non-hydrogen) atoms. The van der Waals surface area contributed by atoms with Crippen LogP contribution in [-0.4, -0.2) is 42.8 Å². The molecule has 4 nitrogen and oxygen atoms in total. The Morgan fingerprint density at radius 2 is 2.42 bits per heavy atom. The van der Waals surface area contributed by atoms with Gasteiger partial charge in [0.05, 0.1) is 10.9 Å². The molecule has 0 aliphatic carbocycles. The highest BCUT2D eigenvalue weighted by molar-refractivity contribution is 7.16. The van der Waals surface area contributed by atoms with Crippen LogP contribution in [0.25, 0.3) is 0 Å². The first kappa shape index (κ1) is 14.8. The zero-order valence-corrected chi connectivity index (χ0v) is 12.5. The van der Waals surface area contributed by atoms with Gasteiger partial charge in [-0.2, -0.15) is 0 Å². The lowest BCUT2D eigenvalue weighted by atomic mass is 9.82. The minimum atomic E-state index is -0.770. The molecule has 1 aromatic heterocycles. The summed E-state index contributed by atoms with van der Waals surface area (Å²) in [5.41, 5.74) is -0.770. The topological polar surface area (TPSA) is 49.8 Å². The first-order chi connectivity index (χ1) is 9.02. The zero-order chi connectivity index (χ0) is 13.9. The van der Waals surface area contributed by atoms with Crippen LogP contribution in [0, 0.1) is 5.41 Å². The van der Waals surface area contributed by atoms with Crippen LogP contribution >= 0.6 is 22.9 Å². The Kier molecular flexibility index (Phi) is 4.84. The first-order valence-corrected chi connectivity index (χ1v) is 7.45.